The second-order valence-electron chi connectivity index (χ2n) is 9.47. The molecular formula is C27H35N5O4S. The van der Waals surface area contributed by atoms with Crippen LogP contribution < -0.4 is 19.5 Å². The summed E-state index contributed by atoms with van der Waals surface area (Å²) < 4.78 is 38.0. The van der Waals surface area contributed by atoms with Crippen molar-refractivity contribution in [2.45, 2.75) is 50.1 Å². The summed E-state index contributed by atoms with van der Waals surface area (Å²) in [6.07, 6.45) is 8.79. The lowest BCUT2D eigenvalue weighted by Crippen LogP contribution is -2.49. The predicted octanol–water partition coefficient (Wildman–Crippen LogP) is 3.02. The third-order valence-electron chi connectivity index (χ3n) is 7.03. The first-order chi connectivity index (χ1) is 17.9. The Labute approximate surface area is 218 Å². The van der Waals surface area contributed by atoms with E-state index in [2.05, 4.69) is 31.9 Å². The van der Waals surface area contributed by atoms with Crippen LogP contribution in [0.1, 0.15) is 48.0 Å². The van der Waals surface area contributed by atoms with Crippen molar-refractivity contribution in [3.8, 4) is 5.75 Å². The standard InChI is InChI=1S/C27H35N5O4S/c1-36-25-11-6-5-10-24(25)26(33)29-20-27(22-8-3-2-4-9-22)14-12-23(13-15-27)31-37(34,35)30-16-7-18-32-19-17-28-21-32/h2-6,8-11,17,19,21,23,30-31H,7,12-16,18,20H2,1H3,(H,29,33). The number of carbonyl (C=O) groups is 1. The average Bonchev–Trinajstić information content (AvgIpc) is 3.45. The van der Waals surface area contributed by atoms with Crippen LogP contribution in [-0.4, -0.2) is 50.1 Å². The second-order valence-corrected chi connectivity index (χ2v) is 11.0. The lowest BCUT2D eigenvalue weighted by Gasteiger charge is -2.41. The first-order valence-electron chi connectivity index (χ1n) is 12.6. The number of imidazole rings is 1. The number of hydrogen-bond donors (Lipinski definition) is 3. The number of nitrogens with one attached hydrogen (secondary N) is 3. The first-order valence-corrected chi connectivity index (χ1v) is 14.1. The fourth-order valence-corrected chi connectivity index (χ4v) is 6.14. The zero-order chi connectivity index (χ0) is 26.1. The number of aryl methyl sites for hydroxylation is 1. The van der Waals surface area contributed by atoms with Crippen LogP contribution in [0.5, 0.6) is 5.75 Å². The zero-order valence-corrected chi connectivity index (χ0v) is 21.9. The number of carbonyl (C=O) groups excluding carboxylic acids is 1. The molecule has 1 heterocycles. The molecule has 1 saturated carbocycles. The smallest absolute Gasteiger partial charge is 0.277 e. The van der Waals surface area contributed by atoms with E-state index in [1.165, 1.54) is 0 Å². The maximum absolute atomic E-state index is 13.0. The van der Waals surface area contributed by atoms with Gasteiger partial charge in [-0.15, -0.1) is 0 Å². The molecule has 0 radical (unpaired) electrons. The number of ether oxygens (including phenoxy) is 1. The summed E-state index contributed by atoms with van der Waals surface area (Å²) in [5.74, 6) is 0.347. The number of para-hydroxylation sites is 1. The molecule has 1 amide bonds. The Bertz CT molecular complexity index is 1240. The highest BCUT2D eigenvalue weighted by atomic mass is 32.2. The van der Waals surface area contributed by atoms with Gasteiger partial charge in [-0.3, -0.25) is 4.79 Å². The van der Waals surface area contributed by atoms with Gasteiger partial charge in [-0.2, -0.15) is 13.1 Å². The minimum absolute atomic E-state index is 0.159. The summed E-state index contributed by atoms with van der Waals surface area (Å²) in [6, 6.07) is 17.1. The van der Waals surface area contributed by atoms with E-state index < -0.39 is 10.2 Å². The third-order valence-corrected chi connectivity index (χ3v) is 8.26. The van der Waals surface area contributed by atoms with Crippen LogP contribution in [0.2, 0.25) is 0 Å². The summed E-state index contributed by atoms with van der Waals surface area (Å²) in [5, 5.41) is 3.12. The Morgan fingerprint density at radius 3 is 2.54 bits per heavy atom. The molecule has 37 heavy (non-hydrogen) atoms. The van der Waals surface area contributed by atoms with Gasteiger partial charge in [0.1, 0.15) is 5.75 Å². The number of nitrogens with zero attached hydrogens (tertiary/aromatic N) is 2. The Morgan fingerprint density at radius 1 is 1.11 bits per heavy atom. The molecule has 198 valence electrons. The molecule has 0 saturated heterocycles. The lowest BCUT2D eigenvalue weighted by molar-refractivity contribution is 0.0932. The third kappa shape index (κ3) is 7.18. The molecule has 3 N–H and O–H groups in total. The minimum Gasteiger partial charge on any atom is -0.496 e. The molecule has 1 aromatic heterocycles. The predicted molar refractivity (Wildman–Crippen MR) is 143 cm³/mol. The molecule has 1 fully saturated rings. The largest absolute Gasteiger partial charge is 0.496 e. The number of aromatic nitrogens is 2. The van der Waals surface area contributed by atoms with Crippen molar-refractivity contribution >= 4 is 16.1 Å². The number of hydrogen-bond acceptors (Lipinski definition) is 5. The highest BCUT2D eigenvalue weighted by Crippen LogP contribution is 2.39. The number of amides is 1. The fraction of sp³-hybridized carbons (Fsp3) is 0.407. The highest BCUT2D eigenvalue weighted by Gasteiger charge is 2.38. The van der Waals surface area contributed by atoms with Gasteiger partial charge in [0.05, 0.1) is 19.0 Å². The summed E-state index contributed by atoms with van der Waals surface area (Å²) >= 11 is 0. The van der Waals surface area contributed by atoms with E-state index in [9.17, 15) is 13.2 Å². The molecule has 0 atom stereocenters. The van der Waals surface area contributed by atoms with Crippen LogP contribution in [0, 0.1) is 0 Å². The number of rotatable bonds is 12. The highest BCUT2D eigenvalue weighted by molar-refractivity contribution is 7.87. The quantitative estimate of drug-likeness (QED) is 0.315. The molecule has 1 aliphatic rings. The van der Waals surface area contributed by atoms with E-state index in [0.717, 1.165) is 18.4 Å². The molecule has 0 aliphatic heterocycles. The molecule has 0 unspecified atom stereocenters. The van der Waals surface area contributed by atoms with E-state index >= 15 is 0 Å². The van der Waals surface area contributed by atoms with E-state index in [4.69, 9.17) is 4.74 Å². The maximum atomic E-state index is 13.0. The van der Waals surface area contributed by atoms with Crippen molar-refractivity contribution in [3.05, 3.63) is 84.4 Å². The zero-order valence-electron chi connectivity index (χ0n) is 21.1. The van der Waals surface area contributed by atoms with Gasteiger partial charge in [0.25, 0.3) is 16.1 Å². The van der Waals surface area contributed by atoms with Gasteiger partial charge in [-0.05, 0) is 49.8 Å². The molecular weight excluding hydrogens is 490 g/mol. The van der Waals surface area contributed by atoms with Crippen LogP contribution in [0.25, 0.3) is 0 Å². The maximum Gasteiger partial charge on any atom is 0.277 e. The summed E-state index contributed by atoms with van der Waals surface area (Å²) in [7, 11) is -2.05. The van der Waals surface area contributed by atoms with Gasteiger partial charge in [-0.25, -0.2) is 9.71 Å². The molecule has 0 bridgehead atoms. The summed E-state index contributed by atoms with van der Waals surface area (Å²) in [4.78, 5) is 17.0. The summed E-state index contributed by atoms with van der Waals surface area (Å²) in [6.45, 7) is 1.51. The normalized spacial score (nSPS) is 19.9. The molecule has 1 aliphatic carbocycles. The van der Waals surface area contributed by atoms with Gasteiger partial charge in [0, 0.05) is 43.5 Å². The van der Waals surface area contributed by atoms with Crippen molar-refractivity contribution < 1.29 is 17.9 Å². The van der Waals surface area contributed by atoms with Gasteiger partial charge in [0.2, 0.25) is 0 Å². The molecule has 4 rings (SSSR count). The summed E-state index contributed by atoms with van der Waals surface area (Å²) in [5.41, 5.74) is 1.36. The van der Waals surface area contributed by atoms with Crippen molar-refractivity contribution in [2.24, 2.45) is 0 Å². The van der Waals surface area contributed by atoms with Crippen molar-refractivity contribution in [3.63, 3.8) is 0 Å². The van der Waals surface area contributed by atoms with E-state index in [1.807, 2.05) is 41.1 Å². The number of benzene rings is 2. The van der Waals surface area contributed by atoms with Crippen LogP contribution in [0.4, 0.5) is 0 Å². The van der Waals surface area contributed by atoms with Gasteiger partial charge in [0.15, 0.2) is 0 Å². The SMILES string of the molecule is COc1ccccc1C(=O)NCC1(c2ccccc2)CCC(NS(=O)(=O)NCCCn2ccnc2)CC1. The molecule has 3 aromatic rings. The van der Waals surface area contributed by atoms with Gasteiger partial charge < -0.3 is 14.6 Å². The van der Waals surface area contributed by atoms with Gasteiger partial charge in [-0.1, -0.05) is 42.5 Å². The second kappa shape index (κ2) is 12.4. The van der Waals surface area contributed by atoms with Crippen LogP contribution in [-0.2, 0) is 22.2 Å². The average molecular weight is 526 g/mol. The topological polar surface area (TPSA) is 114 Å². The van der Waals surface area contributed by atoms with Crippen LogP contribution >= 0.6 is 0 Å². The van der Waals surface area contributed by atoms with Gasteiger partial charge >= 0.3 is 0 Å². The molecule has 9 nitrogen and oxygen atoms in total. The van der Waals surface area contributed by atoms with Crippen molar-refractivity contribution in [2.75, 3.05) is 20.2 Å². The Kier molecular flexibility index (Phi) is 8.96. The molecule has 0 spiro atoms. The monoisotopic (exact) mass is 525 g/mol. The molecule has 2 aromatic carbocycles. The van der Waals surface area contributed by atoms with Crippen LogP contribution in [0.3, 0.4) is 0 Å². The van der Waals surface area contributed by atoms with E-state index in [1.54, 1.807) is 31.8 Å². The Balaban J connectivity index is 1.35. The lowest BCUT2D eigenvalue weighted by atomic mass is 9.68. The van der Waals surface area contributed by atoms with Crippen LogP contribution in [0.15, 0.2) is 73.3 Å². The van der Waals surface area contributed by atoms with E-state index in [-0.39, 0.29) is 17.4 Å². The Hall–Kier alpha value is -3.21. The van der Waals surface area contributed by atoms with Crippen molar-refractivity contribution in [1.29, 1.82) is 0 Å². The molecule has 10 heteroatoms. The Morgan fingerprint density at radius 2 is 1.84 bits per heavy atom. The van der Waals surface area contributed by atoms with E-state index in [0.29, 0.717) is 50.2 Å². The minimum atomic E-state index is -3.60. The first kappa shape index (κ1) is 26.8. The fourth-order valence-electron chi connectivity index (χ4n) is 4.97. The van der Waals surface area contributed by atoms with Crippen molar-refractivity contribution in [1.82, 2.24) is 24.3 Å². The number of methoxy groups -OCH3 is 1.